The zero-order valence-corrected chi connectivity index (χ0v) is 12.9. The highest BCUT2D eigenvalue weighted by Gasteiger charge is 2.26. The second-order valence-corrected chi connectivity index (χ2v) is 6.35. The predicted molar refractivity (Wildman–Crippen MR) is 76.7 cm³/mol. The molecule has 1 saturated heterocycles. The molecule has 1 aliphatic heterocycles. The molecule has 100 valence electrons. The maximum atomic E-state index is 11.6. The molecule has 2 rings (SSSR count). The van der Waals surface area contributed by atoms with E-state index in [0.29, 0.717) is 6.61 Å². The second-order valence-electron chi connectivity index (χ2n) is 4.49. The van der Waals surface area contributed by atoms with Crippen molar-refractivity contribution in [3.8, 4) is 0 Å². The van der Waals surface area contributed by atoms with E-state index >= 15 is 0 Å². The molecule has 2 heterocycles. The van der Waals surface area contributed by atoms with Crippen LogP contribution in [0.3, 0.4) is 0 Å². The Labute approximate surface area is 120 Å². The monoisotopic (exact) mass is 331 g/mol. The Bertz CT molecular complexity index is 399. The fraction of sp³-hybridized carbons (Fsp3) is 0.615. The third-order valence-electron chi connectivity index (χ3n) is 3.27. The Kier molecular flexibility index (Phi) is 5.21. The molecule has 0 aromatic carbocycles. The van der Waals surface area contributed by atoms with Crippen LogP contribution in [0.4, 0.5) is 0 Å². The van der Waals surface area contributed by atoms with Gasteiger partial charge in [-0.2, -0.15) is 0 Å². The molecule has 1 aromatic heterocycles. The zero-order valence-electron chi connectivity index (χ0n) is 10.5. The first-order valence-electron chi connectivity index (χ1n) is 6.31. The highest BCUT2D eigenvalue weighted by molar-refractivity contribution is 9.10. The van der Waals surface area contributed by atoms with Gasteiger partial charge in [0.25, 0.3) is 0 Å². The fourth-order valence-corrected chi connectivity index (χ4v) is 3.75. The molecule has 1 fully saturated rings. The molecule has 5 heteroatoms. The lowest BCUT2D eigenvalue weighted by Crippen LogP contribution is -2.36. The van der Waals surface area contributed by atoms with Gasteiger partial charge in [0, 0.05) is 15.9 Å². The number of likely N-dealkylation sites (tertiary alicyclic amines) is 1. The first-order chi connectivity index (χ1) is 8.70. The van der Waals surface area contributed by atoms with Crippen LogP contribution in [0, 0.1) is 5.92 Å². The van der Waals surface area contributed by atoms with Gasteiger partial charge in [0.2, 0.25) is 0 Å². The number of piperidine rings is 1. The molecule has 1 aromatic rings. The van der Waals surface area contributed by atoms with Crippen LogP contribution in [0.2, 0.25) is 0 Å². The van der Waals surface area contributed by atoms with Gasteiger partial charge in [-0.3, -0.25) is 9.69 Å². The summed E-state index contributed by atoms with van der Waals surface area (Å²) in [7, 11) is 0. The van der Waals surface area contributed by atoms with E-state index in [-0.39, 0.29) is 11.9 Å². The van der Waals surface area contributed by atoms with E-state index in [4.69, 9.17) is 4.74 Å². The summed E-state index contributed by atoms with van der Waals surface area (Å²) in [6, 6.07) is 2.09. The number of nitrogens with zero attached hydrogens (tertiary/aromatic N) is 1. The molecule has 0 N–H and O–H groups in total. The number of rotatable bonds is 4. The van der Waals surface area contributed by atoms with Gasteiger partial charge in [-0.05, 0) is 60.2 Å². The lowest BCUT2D eigenvalue weighted by Gasteiger charge is -2.30. The molecule has 0 aliphatic carbocycles. The van der Waals surface area contributed by atoms with Gasteiger partial charge in [0.15, 0.2) is 0 Å². The Morgan fingerprint density at radius 3 is 2.83 bits per heavy atom. The molecule has 18 heavy (non-hydrogen) atoms. The van der Waals surface area contributed by atoms with E-state index in [0.717, 1.165) is 32.5 Å². The number of carbonyl (C=O) groups excluding carboxylic acids is 1. The van der Waals surface area contributed by atoms with Gasteiger partial charge < -0.3 is 4.74 Å². The number of ether oxygens (including phenoxy) is 1. The fourth-order valence-electron chi connectivity index (χ4n) is 2.23. The summed E-state index contributed by atoms with van der Waals surface area (Å²) in [5, 5.41) is 2.10. The Morgan fingerprint density at radius 1 is 1.56 bits per heavy atom. The number of esters is 1. The summed E-state index contributed by atoms with van der Waals surface area (Å²) < 4.78 is 6.27. The van der Waals surface area contributed by atoms with Crippen LogP contribution in [0.25, 0.3) is 0 Å². The highest BCUT2D eigenvalue weighted by atomic mass is 79.9. The van der Waals surface area contributed by atoms with Crippen LogP contribution in [0.5, 0.6) is 0 Å². The van der Waals surface area contributed by atoms with Crippen molar-refractivity contribution in [1.29, 1.82) is 0 Å². The van der Waals surface area contributed by atoms with Gasteiger partial charge in [0.1, 0.15) is 0 Å². The maximum absolute atomic E-state index is 11.6. The van der Waals surface area contributed by atoms with E-state index in [1.54, 1.807) is 11.3 Å². The smallest absolute Gasteiger partial charge is 0.309 e. The van der Waals surface area contributed by atoms with Crippen molar-refractivity contribution in [2.75, 3.05) is 19.7 Å². The van der Waals surface area contributed by atoms with Crippen molar-refractivity contribution >= 4 is 33.2 Å². The number of hydrogen-bond acceptors (Lipinski definition) is 4. The molecule has 0 radical (unpaired) electrons. The van der Waals surface area contributed by atoms with Crippen LogP contribution < -0.4 is 0 Å². The van der Waals surface area contributed by atoms with Gasteiger partial charge in [0.05, 0.1) is 12.5 Å². The molecule has 3 nitrogen and oxygen atoms in total. The largest absolute Gasteiger partial charge is 0.466 e. The van der Waals surface area contributed by atoms with Gasteiger partial charge in [-0.25, -0.2) is 0 Å². The van der Waals surface area contributed by atoms with Gasteiger partial charge in [-0.1, -0.05) is 0 Å². The van der Waals surface area contributed by atoms with Gasteiger partial charge in [-0.15, -0.1) is 11.3 Å². The first kappa shape index (κ1) is 14.0. The molecule has 0 amide bonds. The average molecular weight is 332 g/mol. The summed E-state index contributed by atoms with van der Waals surface area (Å²) in [5.74, 6) is 0.0856. The highest BCUT2D eigenvalue weighted by Crippen LogP contribution is 2.26. The van der Waals surface area contributed by atoms with Crippen LogP contribution >= 0.6 is 27.3 Å². The summed E-state index contributed by atoms with van der Waals surface area (Å²) in [4.78, 5) is 15.4. The summed E-state index contributed by atoms with van der Waals surface area (Å²) in [5.41, 5.74) is 0. The van der Waals surface area contributed by atoms with Crippen LogP contribution in [0.1, 0.15) is 24.6 Å². The van der Waals surface area contributed by atoms with Crippen molar-refractivity contribution in [3.63, 3.8) is 0 Å². The quantitative estimate of drug-likeness (QED) is 0.793. The predicted octanol–water partition coefficient (Wildman–Crippen LogP) is 3.29. The van der Waals surface area contributed by atoms with Crippen molar-refractivity contribution in [2.45, 2.75) is 26.3 Å². The van der Waals surface area contributed by atoms with Gasteiger partial charge >= 0.3 is 5.97 Å². The standard InChI is InChI=1S/C13H18BrNO2S/c1-2-17-13(16)10-3-6-15(7-4-10)9-12-11(14)5-8-18-12/h5,8,10H,2-4,6-7,9H2,1H3. The van der Waals surface area contributed by atoms with E-state index in [9.17, 15) is 4.79 Å². The Balaban J connectivity index is 1.80. The number of hydrogen-bond donors (Lipinski definition) is 0. The lowest BCUT2D eigenvalue weighted by molar-refractivity contribution is -0.149. The number of carbonyl (C=O) groups is 1. The third-order valence-corrected chi connectivity index (χ3v) is 5.18. The third kappa shape index (κ3) is 3.56. The number of thiophene rings is 1. The minimum absolute atomic E-state index is 0.0190. The molecule has 0 unspecified atom stereocenters. The van der Waals surface area contributed by atoms with Crippen molar-refractivity contribution in [2.24, 2.45) is 5.92 Å². The minimum Gasteiger partial charge on any atom is -0.466 e. The molecular weight excluding hydrogens is 314 g/mol. The second kappa shape index (κ2) is 6.68. The SMILES string of the molecule is CCOC(=O)C1CCN(Cc2sccc2Br)CC1. The first-order valence-corrected chi connectivity index (χ1v) is 7.98. The topological polar surface area (TPSA) is 29.5 Å². The van der Waals surface area contributed by atoms with Crippen molar-refractivity contribution in [1.82, 2.24) is 4.90 Å². The average Bonchev–Trinajstić information content (AvgIpc) is 2.76. The molecule has 0 spiro atoms. The van der Waals surface area contributed by atoms with E-state index in [1.807, 2.05) is 6.92 Å². The minimum atomic E-state index is -0.0190. The molecule has 0 bridgehead atoms. The van der Waals surface area contributed by atoms with Crippen LogP contribution in [-0.4, -0.2) is 30.6 Å². The molecule has 0 atom stereocenters. The summed E-state index contributed by atoms with van der Waals surface area (Å²) >= 11 is 5.34. The summed E-state index contributed by atoms with van der Waals surface area (Å²) in [6.07, 6.45) is 1.84. The van der Waals surface area contributed by atoms with Crippen LogP contribution in [-0.2, 0) is 16.1 Å². The maximum Gasteiger partial charge on any atom is 0.309 e. The zero-order chi connectivity index (χ0) is 13.0. The van der Waals surface area contributed by atoms with Crippen molar-refractivity contribution in [3.05, 3.63) is 20.8 Å². The van der Waals surface area contributed by atoms with E-state index in [2.05, 4.69) is 32.3 Å². The Hall–Kier alpha value is -0.390. The van der Waals surface area contributed by atoms with E-state index < -0.39 is 0 Å². The molecule has 1 aliphatic rings. The van der Waals surface area contributed by atoms with E-state index in [1.165, 1.54) is 9.35 Å². The molecule has 0 saturated carbocycles. The lowest BCUT2D eigenvalue weighted by atomic mass is 9.97. The Morgan fingerprint density at radius 2 is 2.28 bits per heavy atom. The van der Waals surface area contributed by atoms with Crippen LogP contribution in [0.15, 0.2) is 15.9 Å². The number of halogens is 1. The molecular formula is C13H18BrNO2S. The summed E-state index contributed by atoms with van der Waals surface area (Å²) in [6.45, 7) is 5.29. The normalized spacial score (nSPS) is 17.9. The van der Waals surface area contributed by atoms with Crippen molar-refractivity contribution < 1.29 is 9.53 Å².